The SMILES string of the molecule is COc1cc([C@@H]2c3cc4c(cc3[C@@H](NC(=O)CCCNCCN(C)C)[C@H]3COC(O)[C@H]23)OCO4)cc(OC)c1O. The molecule has 2 aromatic rings. The molecule has 1 saturated heterocycles. The van der Waals surface area contributed by atoms with Crippen molar-refractivity contribution >= 4 is 5.91 Å². The summed E-state index contributed by atoms with van der Waals surface area (Å²) in [7, 11) is 7.01. The molecule has 2 heterocycles. The molecule has 2 aliphatic heterocycles. The number of nitrogens with zero attached hydrogens (tertiary/aromatic N) is 1. The molecule has 3 aliphatic rings. The molecule has 0 aromatic heterocycles. The van der Waals surface area contributed by atoms with Gasteiger partial charge in [0.15, 0.2) is 29.3 Å². The Morgan fingerprint density at radius 1 is 1.05 bits per heavy atom. The van der Waals surface area contributed by atoms with Gasteiger partial charge in [-0.2, -0.15) is 0 Å². The lowest BCUT2D eigenvalue weighted by Gasteiger charge is -2.41. The number of hydrogen-bond acceptors (Lipinski definition) is 10. The molecule has 5 rings (SSSR count). The second-order valence-electron chi connectivity index (χ2n) is 10.8. The number of fused-ring (bicyclic) bond motifs is 3. The monoisotopic (exact) mass is 557 g/mol. The van der Waals surface area contributed by atoms with E-state index in [2.05, 4.69) is 15.5 Å². The van der Waals surface area contributed by atoms with Gasteiger partial charge in [0.05, 0.1) is 26.9 Å². The lowest BCUT2D eigenvalue weighted by atomic mass is 9.65. The number of carbonyl (C=O) groups is 1. The van der Waals surface area contributed by atoms with Crippen molar-refractivity contribution in [2.75, 3.05) is 61.3 Å². The predicted molar refractivity (Wildman–Crippen MR) is 146 cm³/mol. The van der Waals surface area contributed by atoms with Gasteiger partial charge in [0.2, 0.25) is 18.4 Å². The van der Waals surface area contributed by atoms with Crippen LogP contribution in [0.1, 0.15) is 41.5 Å². The van der Waals surface area contributed by atoms with Crippen LogP contribution in [0.25, 0.3) is 0 Å². The van der Waals surface area contributed by atoms with Crippen LogP contribution in [0.3, 0.4) is 0 Å². The maximum absolute atomic E-state index is 13.2. The zero-order valence-corrected chi connectivity index (χ0v) is 23.4. The Morgan fingerprint density at radius 2 is 1.73 bits per heavy atom. The Hall–Kier alpha value is -3.25. The third-order valence-corrected chi connectivity index (χ3v) is 8.02. The van der Waals surface area contributed by atoms with E-state index in [4.69, 9.17) is 23.7 Å². The Kier molecular flexibility index (Phi) is 8.55. The van der Waals surface area contributed by atoms with Gasteiger partial charge in [-0.05, 0) is 68.0 Å². The maximum atomic E-state index is 13.2. The first-order chi connectivity index (χ1) is 19.3. The minimum Gasteiger partial charge on any atom is -0.502 e. The normalized spacial score (nSPS) is 24.5. The summed E-state index contributed by atoms with van der Waals surface area (Å²) < 4.78 is 28.1. The molecule has 1 amide bonds. The van der Waals surface area contributed by atoms with E-state index in [1.807, 2.05) is 26.2 Å². The number of phenols is 1. The standard InChI is InChI=1S/C29H39N3O8/c1-32(2)9-8-30-7-5-6-24(33)31-27-18-13-21-20(39-15-40-21)12-17(18)25(26-19(27)14-38-29(26)35)16-10-22(36-3)28(34)23(11-16)37-4/h10-13,19,25-27,29-30,34-35H,5-9,14-15H2,1-4H3,(H,31,33)/t19-,25+,26-,27+,29?/m0/s1. The number of ether oxygens (including phenoxy) is 5. The topological polar surface area (TPSA) is 131 Å². The molecule has 0 saturated carbocycles. The van der Waals surface area contributed by atoms with Crippen LogP contribution in [0.5, 0.6) is 28.7 Å². The van der Waals surface area contributed by atoms with Gasteiger partial charge in [-0.25, -0.2) is 0 Å². The quantitative estimate of drug-likeness (QED) is 0.304. The Balaban J connectivity index is 1.47. The zero-order chi connectivity index (χ0) is 28.4. The highest BCUT2D eigenvalue weighted by Gasteiger charge is 2.52. The van der Waals surface area contributed by atoms with E-state index in [1.165, 1.54) is 14.2 Å². The van der Waals surface area contributed by atoms with Crippen LogP contribution in [0.2, 0.25) is 0 Å². The number of methoxy groups -OCH3 is 2. The van der Waals surface area contributed by atoms with Crippen molar-refractivity contribution in [1.82, 2.24) is 15.5 Å². The number of amides is 1. The van der Waals surface area contributed by atoms with Crippen molar-refractivity contribution < 1.29 is 38.7 Å². The highest BCUT2D eigenvalue weighted by atomic mass is 16.7. The van der Waals surface area contributed by atoms with Crippen LogP contribution in [-0.4, -0.2) is 88.7 Å². The van der Waals surface area contributed by atoms with Crippen LogP contribution in [0.15, 0.2) is 24.3 Å². The van der Waals surface area contributed by atoms with Gasteiger partial charge in [-0.1, -0.05) is 0 Å². The minimum atomic E-state index is -1.06. The third-order valence-electron chi connectivity index (χ3n) is 8.02. The van der Waals surface area contributed by atoms with Gasteiger partial charge in [-0.3, -0.25) is 4.79 Å². The molecule has 0 bridgehead atoms. The van der Waals surface area contributed by atoms with Gasteiger partial charge in [-0.15, -0.1) is 0 Å². The first-order valence-electron chi connectivity index (χ1n) is 13.6. The van der Waals surface area contributed by atoms with E-state index >= 15 is 0 Å². The summed E-state index contributed by atoms with van der Waals surface area (Å²) >= 11 is 0. The third kappa shape index (κ3) is 5.51. The fourth-order valence-corrected chi connectivity index (χ4v) is 6.05. The Bertz CT molecular complexity index is 1200. The first kappa shape index (κ1) is 28.3. The summed E-state index contributed by atoms with van der Waals surface area (Å²) in [6.45, 7) is 2.94. The van der Waals surface area contributed by atoms with Crippen molar-refractivity contribution in [2.45, 2.75) is 31.1 Å². The van der Waals surface area contributed by atoms with Gasteiger partial charge in [0.1, 0.15) is 0 Å². The van der Waals surface area contributed by atoms with Crippen molar-refractivity contribution in [3.05, 3.63) is 41.0 Å². The van der Waals surface area contributed by atoms with Gasteiger partial charge in [0, 0.05) is 37.3 Å². The predicted octanol–water partition coefficient (Wildman–Crippen LogP) is 1.95. The number of hydrogen-bond donors (Lipinski definition) is 4. The number of carbonyl (C=O) groups excluding carboxylic acids is 1. The van der Waals surface area contributed by atoms with E-state index in [1.54, 1.807) is 12.1 Å². The van der Waals surface area contributed by atoms with Crippen molar-refractivity contribution in [1.29, 1.82) is 0 Å². The molecule has 0 radical (unpaired) electrons. The van der Waals surface area contributed by atoms with Crippen LogP contribution < -0.4 is 29.6 Å². The summed E-state index contributed by atoms with van der Waals surface area (Å²) in [5.41, 5.74) is 2.54. The second kappa shape index (κ2) is 12.1. The van der Waals surface area contributed by atoms with Crippen LogP contribution in [-0.2, 0) is 9.53 Å². The largest absolute Gasteiger partial charge is 0.502 e. The summed E-state index contributed by atoms with van der Waals surface area (Å²) in [5.74, 6) is 0.622. The summed E-state index contributed by atoms with van der Waals surface area (Å²) in [5, 5.41) is 28.2. The maximum Gasteiger partial charge on any atom is 0.231 e. The molecule has 0 spiro atoms. The molecular formula is C29H39N3O8. The summed E-state index contributed by atoms with van der Waals surface area (Å²) in [6.07, 6.45) is 0.0323. The number of aliphatic hydroxyl groups is 1. The lowest BCUT2D eigenvalue weighted by Crippen LogP contribution is -2.43. The number of nitrogens with one attached hydrogen (secondary N) is 2. The van der Waals surface area contributed by atoms with E-state index in [0.29, 0.717) is 24.3 Å². The molecule has 1 unspecified atom stereocenters. The summed E-state index contributed by atoms with van der Waals surface area (Å²) in [4.78, 5) is 15.3. The molecule has 1 aliphatic carbocycles. The Labute approximate surface area is 234 Å². The van der Waals surface area contributed by atoms with Gasteiger partial charge in [0.25, 0.3) is 0 Å². The highest BCUT2D eigenvalue weighted by Crippen LogP contribution is 2.56. The van der Waals surface area contributed by atoms with Crippen molar-refractivity contribution in [2.24, 2.45) is 11.8 Å². The second-order valence-corrected chi connectivity index (χ2v) is 10.8. The van der Waals surface area contributed by atoms with Crippen LogP contribution in [0.4, 0.5) is 0 Å². The molecule has 1 fully saturated rings. The molecule has 4 N–H and O–H groups in total. The number of phenolic OH excluding ortho intramolecular Hbond substituents is 1. The van der Waals surface area contributed by atoms with Crippen molar-refractivity contribution in [3.8, 4) is 28.7 Å². The van der Waals surface area contributed by atoms with E-state index < -0.39 is 12.3 Å². The lowest BCUT2D eigenvalue weighted by molar-refractivity contribution is -0.122. The molecule has 11 nitrogen and oxygen atoms in total. The molecule has 218 valence electrons. The smallest absolute Gasteiger partial charge is 0.231 e. The van der Waals surface area contributed by atoms with Crippen LogP contribution >= 0.6 is 0 Å². The fourth-order valence-electron chi connectivity index (χ4n) is 6.05. The first-order valence-corrected chi connectivity index (χ1v) is 13.6. The number of aromatic hydroxyl groups is 1. The fraction of sp³-hybridized carbons (Fsp3) is 0.552. The Morgan fingerprint density at radius 3 is 2.38 bits per heavy atom. The average Bonchev–Trinajstić information content (AvgIpc) is 3.56. The zero-order valence-electron chi connectivity index (χ0n) is 23.4. The molecule has 5 atom stereocenters. The average molecular weight is 558 g/mol. The van der Waals surface area contributed by atoms with E-state index in [-0.39, 0.29) is 54.3 Å². The minimum absolute atomic E-state index is 0.0606. The van der Waals surface area contributed by atoms with E-state index in [9.17, 15) is 15.0 Å². The molecule has 11 heteroatoms. The summed E-state index contributed by atoms with van der Waals surface area (Å²) in [6, 6.07) is 6.96. The molecule has 2 aromatic carbocycles. The van der Waals surface area contributed by atoms with Crippen LogP contribution in [0, 0.1) is 11.8 Å². The molecule has 40 heavy (non-hydrogen) atoms. The van der Waals surface area contributed by atoms with E-state index in [0.717, 1.165) is 36.3 Å². The number of likely N-dealkylation sites (N-methyl/N-ethyl adjacent to an activating group) is 1. The number of rotatable bonds is 11. The molecular weight excluding hydrogens is 518 g/mol. The van der Waals surface area contributed by atoms with Crippen molar-refractivity contribution in [3.63, 3.8) is 0 Å². The number of aliphatic hydroxyl groups excluding tert-OH is 1. The van der Waals surface area contributed by atoms with Gasteiger partial charge >= 0.3 is 0 Å². The van der Waals surface area contributed by atoms with Gasteiger partial charge < -0.3 is 49.4 Å². The number of benzene rings is 2. The highest BCUT2D eigenvalue weighted by molar-refractivity contribution is 5.77.